The molecular formula is C19H18F3NO4. The van der Waals surface area contributed by atoms with Crippen LogP contribution < -0.4 is 10.1 Å². The number of rotatable bonds is 7. The third-order valence-corrected chi connectivity index (χ3v) is 3.46. The Hall–Kier alpha value is -3.03. The molecule has 0 saturated carbocycles. The van der Waals surface area contributed by atoms with Gasteiger partial charge in [-0.3, -0.25) is 4.79 Å². The van der Waals surface area contributed by atoms with E-state index < -0.39 is 30.7 Å². The molecule has 1 amide bonds. The number of hydrogen-bond acceptors (Lipinski definition) is 4. The van der Waals surface area contributed by atoms with Gasteiger partial charge in [0.1, 0.15) is 24.5 Å². The highest BCUT2D eigenvalue weighted by Crippen LogP contribution is 2.21. The standard InChI is InChI=1S/C19H18F3NO4/c1-13(17(24)23-12-19(20,21)22)27-18(25)15-9-5-6-10-16(15)26-11-14-7-3-2-4-8-14/h2-10,13H,11-12H2,1H3,(H,23,24). The first-order valence-electron chi connectivity index (χ1n) is 8.07. The lowest BCUT2D eigenvalue weighted by Crippen LogP contribution is -2.40. The lowest BCUT2D eigenvalue weighted by atomic mass is 10.2. The van der Waals surface area contributed by atoms with E-state index in [1.807, 2.05) is 30.3 Å². The molecule has 0 saturated heterocycles. The van der Waals surface area contributed by atoms with Crippen LogP contribution in [-0.4, -0.2) is 30.7 Å². The number of carbonyl (C=O) groups is 2. The number of esters is 1. The zero-order valence-corrected chi connectivity index (χ0v) is 14.5. The summed E-state index contributed by atoms with van der Waals surface area (Å²) in [5.41, 5.74) is 0.962. The molecule has 8 heteroatoms. The van der Waals surface area contributed by atoms with Crippen LogP contribution in [-0.2, 0) is 16.1 Å². The molecule has 144 valence electrons. The van der Waals surface area contributed by atoms with Crippen LogP contribution in [0, 0.1) is 0 Å². The summed E-state index contributed by atoms with van der Waals surface area (Å²) in [6, 6.07) is 15.5. The quantitative estimate of drug-likeness (QED) is 0.746. The molecule has 1 N–H and O–H groups in total. The Morgan fingerprint density at radius 3 is 2.33 bits per heavy atom. The molecule has 0 fully saturated rings. The van der Waals surface area contributed by atoms with Gasteiger partial charge in [-0.25, -0.2) is 4.79 Å². The minimum Gasteiger partial charge on any atom is -0.488 e. The maximum atomic E-state index is 12.3. The summed E-state index contributed by atoms with van der Waals surface area (Å²) in [5.74, 6) is -1.66. The zero-order chi connectivity index (χ0) is 19.9. The Balaban J connectivity index is 1.98. The number of amides is 1. The van der Waals surface area contributed by atoms with Crippen LogP contribution >= 0.6 is 0 Å². The van der Waals surface area contributed by atoms with E-state index in [0.29, 0.717) is 0 Å². The zero-order valence-electron chi connectivity index (χ0n) is 14.5. The first-order valence-corrected chi connectivity index (χ1v) is 8.07. The molecule has 0 bridgehead atoms. The van der Waals surface area contributed by atoms with Crippen molar-refractivity contribution >= 4 is 11.9 Å². The monoisotopic (exact) mass is 381 g/mol. The smallest absolute Gasteiger partial charge is 0.405 e. The highest BCUT2D eigenvalue weighted by molar-refractivity contribution is 5.94. The van der Waals surface area contributed by atoms with Gasteiger partial charge in [-0.1, -0.05) is 42.5 Å². The molecule has 0 heterocycles. The van der Waals surface area contributed by atoms with Crippen LogP contribution in [0.5, 0.6) is 5.75 Å². The third kappa shape index (κ3) is 6.65. The molecule has 1 atom stereocenters. The summed E-state index contributed by atoms with van der Waals surface area (Å²) in [7, 11) is 0. The number of carbonyl (C=O) groups excluding carboxylic acids is 2. The molecule has 27 heavy (non-hydrogen) atoms. The lowest BCUT2D eigenvalue weighted by molar-refractivity contribution is -0.143. The minimum absolute atomic E-state index is 0.0731. The Labute approximate surface area is 154 Å². The summed E-state index contributed by atoms with van der Waals surface area (Å²) >= 11 is 0. The number of ether oxygens (including phenoxy) is 2. The Morgan fingerprint density at radius 2 is 1.67 bits per heavy atom. The van der Waals surface area contributed by atoms with Crippen molar-refractivity contribution in [2.45, 2.75) is 25.8 Å². The van der Waals surface area contributed by atoms with Crippen molar-refractivity contribution in [1.82, 2.24) is 5.32 Å². The van der Waals surface area contributed by atoms with Gasteiger partial charge in [0.05, 0.1) is 0 Å². The number of benzene rings is 2. The molecule has 0 aromatic heterocycles. The van der Waals surface area contributed by atoms with Gasteiger partial charge in [0.25, 0.3) is 5.91 Å². The summed E-state index contributed by atoms with van der Waals surface area (Å²) in [5, 5.41) is 1.67. The first-order chi connectivity index (χ1) is 12.8. The van der Waals surface area contributed by atoms with Crippen molar-refractivity contribution in [2.24, 2.45) is 0 Å². The second kappa shape index (κ2) is 9.07. The van der Waals surface area contributed by atoms with E-state index >= 15 is 0 Å². The van der Waals surface area contributed by atoms with Crippen LogP contribution in [0.3, 0.4) is 0 Å². The number of para-hydroxylation sites is 1. The molecule has 0 radical (unpaired) electrons. The molecule has 0 aliphatic heterocycles. The first kappa shape index (κ1) is 20.3. The van der Waals surface area contributed by atoms with Gasteiger partial charge >= 0.3 is 12.1 Å². The predicted octanol–water partition coefficient (Wildman–Crippen LogP) is 3.49. The van der Waals surface area contributed by atoms with E-state index in [1.54, 1.807) is 23.5 Å². The Morgan fingerprint density at radius 1 is 1.04 bits per heavy atom. The van der Waals surface area contributed by atoms with E-state index in [-0.39, 0.29) is 17.9 Å². The maximum Gasteiger partial charge on any atom is 0.405 e. The summed E-state index contributed by atoms with van der Waals surface area (Å²) in [6.07, 6.45) is -5.93. The van der Waals surface area contributed by atoms with Crippen molar-refractivity contribution in [2.75, 3.05) is 6.54 Å². The summed E-state index contributed by atoms with van der Waals surface area (Å²) in [6.45, 7) is -0.0890. The van der Waals surface area contributed by atoms with Gasteiger partial charge in [-0.15, -0.1) is 0 Å². The van der Waals surface area contributed by atoms with Crippen LogP contribution in [0.4, 0.5) is 13.2 Å². The molecule has 2 rings (SSSR count). The number of alkyl halides is 3. The van der Waals surface area contributed by atoms with E-state index in [4.69, 9.17) is 9.47 Å². The normalized spacial score (nSPS) is 12.1. The average Bonchev–Trinajstić information content (AvgIpc) is 2.64. The Bertz CT molecular complexity index is 778. The average molecular weight is 381 g/mol. The van der Waals surface area contributed by atoms with E-state index in [9.17, 15) is 22.8 Å². The van der Waals surface area contributed by atoms with Gasteiger partial charge in [0, 0.05) is 0 Å². The molecule has 0 aliphatic rings. The topological polar surface area (TPSA) is 64.6 Å². The molecule has 2 aromatic carbocycles. The van der Waals surface area contributed by atoms with Crippen molar-refractivity contribution in [3.8, 4) is 5.75 Å². The summed E-state index contributed by atoms with van der Waals surface area (Å²) in [4.78, 5) is 23.9. The molecule has 2 aromatic rings. The van der Waals surface area contributed by atoms with Gasteiger partial charge in [-0.2, -0.15) is 13.2 Å². The minimum atomic E-state index is -4.54. The lowest BCUT2D eigenvalue weighted by Gasteiger charge is -2.16. The second-order valence-corrected chi connectivity index (χ2v) is 5.65. The van der Waals surface area contributed by atoms with Crippen LogP contribution in [0.1, 0.15) is 22.8 Å². The van der Waals surface area contributed by atoms with Crippen molar-refractivity contribution in [3.05, 3.63) is 65.7 Å². The molecule has 1 unspecified atom stereocenters. The van der Waals surface area contributed by atoms with Gasteiger partial charge < -0.3 is 14.8 Å². The number of hydrogen-bond donors (Lipinski definition) is 1. The summed E-state index contributed by atoms with van der Waals surface area (Å²) < 4.78 is 47.0. The van der Waals surface area contributed by atoms with Crippen molar-refractivity contribution < 1.29 is 32.2 Å². The third-order valence-electron chi connectivity index (χ3n) is 3.46. The van der Waals surface area contributed by atoms with Gasteiger partial charge in [0.2, 0.25) is 0 Å². The largest absolute Gasteiger partial charge is 0.488 e. The fourth-order valence-electron chi connectivity index (χ4n) is 2.11. The number of halogens is 3. The Kier molecular flexibility index (Phi) is 6.81. The van der Waals surface area contributed by atoms with Gasteiger partial charge in [-0.05, 0) is 24.6 Å². The highest BCUT2D eigenvalue weighted by Gasteiger charge is 2.29. The van der Waals surface area contributed by atoms with Crippen LogP contribution in [0.2, 0.25) is 0 Å². The van der Waals surface area contributed by atoms with E-state index in [2.05, 4.69) is 0 Å². The molecule has 0 spiro atoms. The fourth-order valence-corrected chi connectivity index (χ4v) is 2.11. The van der Waals surface area contributed by atoms with Crippen molar-refractivity contribution in [3.63, 3.8) is 0 Å². The van der Waals surface area contributed by atoms with Crippen LogP contribution in [0.25, 0.3) is 0 Å². The van der Waals surface area contributed by atoms with E-state index in [0.717, 1.165) is 5.56 Å². The second-order valence-electron chi connectivity index (χ2n) is 5.65. The molecule has 0 aliphatic carbocycles. The molecule has 5 nitrogen and oxygen atoms in total. The SMILES string of the molecule is CC(OC(=O)c1ccccc1OCc1ccccc1)C(=O)NCC(F)(F)F. The van der Waals surface area contributed by atoms with Crippen molar-refractivity contribution in [1.29, 1.82) is 0 Å². The van der Waals surface area contributed by atoms with Crippen LogP contribution in [0.15, 0.2) is 54.6 Å². The highest BCUT2D eigenvalue weighted by atomic mass is 19.4. The molecular weight excluding hydrogens is 363 g/mol. The van der Waals surface area contributed by atoms with E-state index in [1.165, 1.54) is 13.0 Å². The maximum absolute atomic E-state index is 12.3. The van der Waals surface area contributed by atoms with Gasteiger partial charge in [0.15, 0.2) is 6.10 Å². The number of nitrogens with one attached hydrogen (secondary N) is 1. The fraction of sp³-hybridized carbons (Fsp3) is 0.263. The predicted molar refractivity (Wildman–Crippen MR) is 91.2 cm³/mol.